The number of carbonyl (C=O) groups excluding carboxylic acids is 2. The molecule has 1 aromatic carbocycles. The molecule has 7 nitrogen and oxygen atoms in total. The lowest BCUT2D eigenvalue weighted by molar-refractivity contribution is -0.118. The molecule has 0 aliphatic heterocycles. The van der Waals surface area contributed by atoms with E-state index in [0.717, 1.165) is 24.1 Å². The molecular formula is C30H24ClFN4O3. The van der Waals surface area contributed by atoms with E-state index in [1.54, 1.807) is 36.7 Å². The van der Waals surface area contributed by atoms with E-state index in [1.807, 2.05) is 30.3 Å². The molecule has 0 saturated heterocycles. The van der Waals surface area contributed by atoms with Crippen LogP contribution in [0.1, 0.15) is 40.4 Å². The number of halogens is 2. The van der Waals surface area contributed by atoms with Gasteiger partial charge >= 0.3 is 0 Å². The topological polar surface area (TPSA) is 97.1 Å². The molecule has 2 atom stereocenters. The maximum atomic E-state index is 13.5. The maximum absolute atomic E-state index is 13.5. The van der Waals surface area contributed by atoms with Crippen molar-refractivity contribution in [2.45, 2.75) is 29.7 Å². The molecule has 2 unspecified atom stereocenters. The Balaban J connectivity index is 1.35. The summed E-state index contributed by atoms with van der Waals surface area (Å²) in [4.78, 5) is 35.1. The van der Waals surface area contributed by atoms with Gasteiger partial charge in [-0.25, -0.2) is 9.37 Å². The average molecular weight is 543 g/mol. The van der Waals surface area contributed by atoms with Crippen molar-refractivity contribution >= 4 is 34.5 Å². The van der Waals surface area contributed by atoms with E-state index in [-0.39, 0.29) is 23.4 Å². The van der Waals surface area contributed by atoms with Crippen LogP contribution in [0.3, 0.4) is 0 Å². The Kier molecular flexibility index (Phi) is 6.27. The van der Waals surface area contributed by atoms with Gasteiger partial charge in [0.15, 0.2) is 0 Å². The highest BCUT2D eigenvalue weighted by molar-refractivity contribution is 6.23. The number of carbonyl (C=O) groups is 2. The third kappa shape index (κ3) is 4.61. The number of aromatic nitrogens is 2. The van der Waals surface area contributed by atoms with Gasteiger partial charge in [-0.2, -0.15) is 0 Å². The van der Waals surface area contributed by atoms with Crippen LogP contribution in [0, 0.1) is 5.82 Å². The van der Waals surface area contributed by atoms with E-state index in [0.29, 0.717) is 27.8 Å². The number of pyridine rings is 2. The van der Waals surface area contributed by atoms with Crippen LogP contribution in [-0.4, -0.2) is 34.2 Å². The van der Waals surface area contributed by atoms with Crippen LogP contribution in [0.25, 0.3) is 22.4 Å². The van der Waals surface area contributed by atoms with E-state index in [4.69, 9.17) is 16.0 Å². The van der Waals surface area contributed by atoms with Crippen LogP contribution in [0.5, 0.6) is 0 Å². The number of hydrogen-bond acceptors (Lipinski definition) is 5. The normalized spacial score (nSPS) is 19.4. The summed E-state index contributed by atoms with van der Waals surface area (Å²) in [5.74, 6) is -1.04. The molecular weight excluding hydrogens is 519 g/mol. The van der Waals surface area contributed by atoms with Gasteiger partial charge in [0.25, 0.3) is 11.8 Å². The van der Waals surface area contributed by atoms with Crippen molar-refractivity contribution in [1.82, 2.24) is 20.6 Å². The predicted molar refractivity (Wildman–Crippen MR) is 146 cm³/mol. The molecule has 3 heterocycles. The molecule has 0 bridgehead atoms. The van der Waals surface area contributed by atoms with Crippen molar-refractivity contribution in [2.24, 2.45) is 0 Å². The lowest BCUT2D eigenvalue weighted by atomic mass is 9.89. The second-order valence-electron chi connectivity index (χ2n) is 9.72. The van der Waals surface area contributed by atoms with Gasteiger partial charge in [-0.05, 0) is 60.9 Å². The zero-order chi connectivity index (χ0) is 27.1. The van der Waals surface area contributed by atoms with E-state index < -0.39 is 16.7 Å². The van der Waals surface area contributed by atoms with E-state index in [1.165, 1.54) is 19.2 Å². The summed E-state index contributed by atoms with van der Waals surface area (Å²) >= 11 is 6.69. The number of benzene rings is 1. The van der Waals surface area contributed by atoms with Crippen LogP contribution in [-0.2, 0) is 10.3 Å². The van der Waals surface area contributed by atoms with Gasteiger partial charge in [0.05, 0.1) is 27.6 Å². The summed E-state index contributed by atoms with van der Waals surface area (Å²) in [6.07, 6.45) is 10.3. The van der Waals surface area contributed by atoms with Crippen LogP contribution in [0.2, 0.25) is 0 Å². The molecule has 4 aromatic rings. The molecule has 196 valence electrons. The Labute approximate surface area is 228 Å². The number of allylic oxidation sites excluding steroid dienone is 2. The number of rotatable bonds is 6. The Morgan fingerprint density at radius 3 is 2.59 bits per heavy atom. The number of hydrogen-bond donors (Lipinski definition) is 2. The monoisotopic (exact) mass is 542 g/mol. The quantitative estimate of drug-likeness (QED) is 0.319. The summed E-state index contributed by atoms with van der Waals surface area (Å²) in [6.45, 7) is 0. The van der Waals surface area contributed by atoms with Crippen molar-refractivity contribution in [3.63, 3.8) is 0 Å². The molecule has 1 saturated carbocycles. The Morgan fingerprint density at radius 2 is 1.90 bits per heavy atom. The minimum Gasteiger partial charge on any atom is -0.437 e. The lowest BCUT2D eigenvalue weighted by Gasteiger charge is -2.23. The van der Waals surface area contributed by atoms with E-state index in [9.17, 15) is 14.0 Å². The van der Waals surface area contributed by atoms with Gasteiger partial charge < -0.3 is 15.1 Å². The minimum absolute atomic E-state index is 0.204. The highest BCUT2D eigenvalue weighted by Crippen LogP contribution is 2.45. The highest BCUT2D eigenvalue weighted by atomic mass is 35.5. The number of furan rings is 1. The molecule has 39 heavy (non-hydrogen) atoms. The number of nitrogens with one attached hydrogen (secondary N) is 2. The summed E-state index contributed by atoms with van der Waals surface area (Å²) in [5.41, 5.74) is 2.71. The zero-order valence-electron chi connectivity index (χ0n) is 20.9. The summed E-state index contributed by atoms with van der Waals surface area (Å²) in [6, 6.07) is 13.2. The Morgan fingerprint density at radius 1 is 1.10 bits per heavy atom. The van der Waals surface area contributed by atoms with Gasteiger partial charge in [0.2, 0.25) is 5.71 Å². The highest BCUT2D eigenvalue weighted by Gasteiger charge is 2.47. The molecule has 3 aromatic heterocycles. The van der Waals surface area contributed by atoms with Crippen molar-refractivity contribution in [2.75, 3.05) is 7.05 Å². The predicted octanol–water partition coefficient (Wildman–Crippen LogP) is 5.38. The first kappa shape index (κ1) is 25.0. The minimum atomic E-state index is -0.448. The molecule has 2 amide bonds. The third-order valence-electron chi connectivity index (χ3n) is 7.19. The van der Waals surface area contributed by atoms with Crippen molar-refractivity contribution in [1.29, 1.82) is 0 Å². The van der Waals surface area contributed by atoms with Crippen molar-refractivity contribution < 1.29 is 18.4 Å². The molecule has 6 rings (SSSR count). The number of nitrogens with zero attached hydrogens (tertiary/aromatic N) is 2. The molecule has 0 radical (unpaired) electrons. The second kappa shape index (κ2) is 9.78. The van der Waals surface area contributed by atoms with Gasteiger partial charge in [0.1, 0.15) is 11.6 Å². The average Bonchev–Trinajstić information content (AvgIpc) is 3.65. The number of alkyl halides is 1. The van der Waals surface area contributed by atoms with Crippen LogP contribution >= 0.6 is 11.6 Å². The van der Waals surface area contributed by atoms with Gasteiger partial charge in [-0.15, -0.1) is 11.6 Å². The first-order valence-corrected chi connectivity index (χ1v) is 13.0. The molecule has 2 N–H and O–H groups in total. The zero-order valence-corrected chi connectivity index (χ0v) is 21.7. The van der Waals surface area contributed by atoms with Crippen LogP contribution < -0.4 is 10.6 Å². The lowest BCUT2D eigenvalue weighted by Crippen LogP contribution is -2.36. The maximum Gasteiger partial charge on any atom is 0.255 e. The van der Waals surface area contributed by atoms with Crippen LogP contribution in [0.15, 0.2) is 89.1 Å². The first-order chi connectivity index (χ1) is 18.9. The first-order valence-electron chi connectivity index (χ1n) is 12.6. The number of amides is 2. The van der Waals surface area contributed by atoms with E-state index in [2.05, 4.69) is 20.6 Å². The fourth-order valence-electron chi connectivity index (χ4n) is 4.93. The Hall–Kier alpha value is -4.30. The van der Waals surface area contributed by atoms with Crippen LogP contribution in [0.4, 0.5) is 4.39 Å². The SMILES string of the molecule is CNC(=O)c1c(-c2ccc(F)cc2)oc2ncc(C3C=C(C(=O)NC4(c5ccccn5)CC4)C=CC3Cl)cc12. The second-order valence-corrected chi connectivity index (χ2v) is 10.2. The van der Waals surface area contributed by atoms with Gasteiger partial charge in [0, 0.05) is 36.5 Å². The van der Waals surface area contributed by atoms with Gasteiger partial charge in [-0.1, -0.05) is 24.3 Å². The van der Waals surface area contributed by atoms with E-state index >= 15 is 0 Å². The summed E-state index contributed by atoms with van der Waals surface area (Å²) in [5, 5.41) is 5.86. The smallest absolute Gasteiger partial charge is 0.255 e. The fourth-order valence-corrected chi connectivity index (χ4v) is 5.22. The fraction of sp³-hybridized carbons (Fsp3) is 0.200. The standard InChI is InChI=1S/C30H24ClFN4O3/c1-33-28(38)25-22-15-19(16-35-29(22)39-26(25)17-5-8-20(32)9-6-17)21-14-18(7-10-23(21)31)27(37)36-30(11-12-30)24-4-2-3-13-34-24/h2-10,13-16,21,23H,11-12H2,1H3,(H,33,38)(H,36,37). The summed E-state index contributed by atoms with van der Waals surface area (Å²) < 4.78 is 19.5. The number of fused-ring (bicyclic) bond motifs is 1. The van der Waals surface area contributed by atoms with Crippen molar-refractivity contribution in [3.05, 3.63) is 107 Å². The Bertz CT molecular complexity index is 1640. The molecule has 2 aliphatic carbocycles. The van der Waals surface area contributed by atoms with Crippen molar-refractivity contribution in [3.8, 4) is 11.3 Å². The summed E-state index contributed by atoms with van der Waals surface area (Å²) in [7, 11) is 1.53. The largest absolute Gasteiger partial charge is 0.437 e. The molecule has 9 heteroatoms. The molecule has 2 aliphatic rings. The third-order valence-corrected chi connectivity index (χ3v) is 7.61. The molecule has 0 spiro atoms. The van der Waals surface area contributed by atoms with Gasteiger partial charge in [-0.3, -0.25) is 14.6 Å². The molecule has 1 fully saturated rings.